The molecule has 1 N–H and O–H groups in total. The summed E-state index contributed by atoms with van der Waals surface area (Å²) in [7, 11) is 0. The Hall–Kier alpha value is -1.07. The second-order valence-electron chi connectivity index (χ2n) is 3.94. The van der Waals surface area contributed by atoms with Gasteiger partial charge in [0.25, 0.3) is 0 Å². The maximum absolute atomic E-state index is 11.1. The van der Waals surface area contributed by atoms with Gasteiger partial charge < -0.3 is 14.7 Å². The van der Waals surface area contributed by atoms with Crippen molar-refractivity contribution in [3.8, 4) is 5.75 Å². The molecule has 5 heteroatoms. The van der Waals surface area contributed by atoms with E-state index in [1.165, 1.54) is 11.3 Å². The molecule has 0 aliphatic carbocycles. The van der Waals surface area contributed by atoms with Crippen molar-refractivity contribution in [2.45, 2.75) is 27.2 Å². The summed E-state index contributed by atoms with van der Waals surface area (Å²) in [5.74, 6) is -0.394. The smallest absolute Gasteiger partial charge is 0.349 e. The van der Waals surface area contributed by atoms with Crippen molar-refractivity contribution in [1.82, 2.24) is 4.90 Å². The highest BCUT2D eigenvalue weighted by atomic mass is 32.1. The van der Waals surface area contributed by atoms with E-state index in [4.69, 9.17) is 9.84 Å². The van der Waals surface area contributed by atoms with E-state index in [2.05, 4.69) is 18.7 Å². The molecule has 0 saturated carbocycles. The van der Waals surface area contributed by atoms with Gasteiger partial charge in [-0.25, -0.2) is 4.79 Å². The molecular weight excluding hydrogens is 250 g/mol. The molecule has 18 heavy (non-hydrogen) atoms. The summed E-state index contributed by atoms with van der Waals surface area (Å²) in [6, 6.07) is 1.84. The third kappa shape index (κ3) is 3.99. The number of carboxylic acids is 1. The molecule has 0 aromatic carbocycles. The summed E-state index contributed by atoms with van der Waals surface area (Å²) >= 11 is 1.30. The number of hydrogen-bond donors (Lipinski definition) is 1. The molecule has 1 heterocycles. The molecule has 0 spiro atoms. The van der Waals surface area contributed by atoms with Crippen molar-refractivity contribution < 1.29 is 14.6 Å². The van der Waals surface area contributed by atoms with Crippen LogP contribution in [0.1, 0.15) is 35.3 Å². The van der Waals surface area contributed by atoms with Crippen LogP contribution in [-0.4, -0.2) is 42.2 Å². The van der Waals surface area contributed by atoms with Crippen molar-refractivity contribution in [2.75, 3.05) is 26.2 Å². The number of carboxylic acid groups (broad SMARTS) is 1. The Kier molecular flexibility index (Phi) is 6.15. The summed E-state index contributed by atoms with van der Waals surface area (Å²) in [5.41, 5.74) is 0. The van der Waals surface area contributed by atoms with Gasteiger partial charge in [0.1, 0.15) is 12.4 Å². The number of rotatable bonds is 8. The van der Waals surface area contributed by atoms with Gasteiger partial charge in [-0.1, -0.05) is 20.8 Å². The lowest BCUT2D eigenvalue weighted by Gasteiger charge is -2.17. The van der Waals surface area contributed by atoms with Crippen LogP contribution in [0.15, 0.2) is 6.07 Å². The minimum absolute atomic E-state index is 0.311. The lowest BCUT2D eigenvalue weighted by atomic mass is 10.3. The predicted octanol–water partition coefficient (Wildman–Crippen LogP) is 2.73. The molecule has 0 bridgehead atoms. The van der Waals surface area contributed by atoms with Crippen LogP contribution in [0.25, 0.3) is 0 Å². The van der Waals surface area contributed by atoms with E-state index >= 15 is 0 Å². The van der Waals surface area contributed by atoms with Crippen molar-refractivity contribution >= 4 is 17.3 Å². The highest BCUT2D eigenvalue weighted by molar-refractivity contribution is 7.14. The molecule has 0 aliphatic rings. The molecule has 0 atom stereocenters. The zero-order valence-corrected chi connectivity index (χ0v) is 12.0. The van der Waals surface area contributed by atoms with E-state index in [9.17, 15) is 4.79 Å². The minimum atomic E-state index is -0.905. The third-order valence-electron chi connectivity index (χ3n) is 2.85. The summed E-state index contributed by atoms with van der Waals surface area (Å²) in [4.78, 5) is 14.7. The molecule has 102 valence electrons. The number of hydrogen-bond acceptors (Lipinski definition) is 4. The maximum Gasteiger partial charge on any atom is 0.349 e. The Balaban J connectivity index is 2.60. The zero-order valence-electron chi connectivity index (χ0n) is 11.2. The first kappa shape index (κ1) is 15.0. The van der Waals surface area contributed by atoms with Gasteiger partial charge in [-0.2, -0.15) is 0 Å². The SMILES string of the molecule is CCc1cc(OCCN(CC)CC)c(C(=O)O)s1. The fraction of sp³-hybridized carbons (Fsp3) is 0.615. The maximum atomic E-state index is 11.1. The molecule has 0 radical (unpaired) electrons. The summed E-state index contributed by atoms with van der Waals surface area (Å²) in [5, 5.41) is 9.10. The van der Waals surface area contributed by atoms with Crippen molar-refractivity contribution in [3.63, 3.8) is 0 Å². The number of aromatic carboxylic acids is 1. The normalized spacial score (nSPS) is 10.9. The second-order valence-corrected chi connectivity index (χ2v) is 5.08. The van der Waals surface area contributed by atoms with Crippen molar-refractivity contribution in [3.05, 3.63) is 15.8 Å². The Morgan fingerprint density at radius 3 is 2.56 bits per heavy atom. The van der Waals surface area contributed by atoms with Crippen LogP contribution < -0.4 is 4.74 Å². The Labute approximate surface area is 112 Å². The molecule has 1 aromatic heterocycles. The Morgan fingerprint density at radius 1 is 1.39 bits per heavy atom. The molecule has 0 aliphatic heterocycles. The summed E-state index contributed by atoms with van der Waals surface area (Å²) in [6.45, 7) is 9.53. The van der Waals surface area contributed by atoms with Crippen LogP contribution in [0, 0.1) is 0 Å². The van der Waals surface area contributed by atoms with Crippen molar-refractivity contribution in [1.29, 1.82) is 0 Å². The number of likely N-dealkylation sites (N-methyl/N-ethyl adjacent to an activating group) is 1. The number of nitrogens with zero attached hydrogens (tertiary/aromatic N) is 1. The van der Waals surface area contributed by atoms with E-state index in [-0.39, 0.29) is 0 Å². The highest BCUT2D eigenvalue weighted by Gasteiger charge is 2.16. The van der Waals surface area contributed by atoms with E-state index in [1.807, 2.05) is 13.0 Å². The fourth-order valence-corrected chi connectivity index (χ4v) is 2.56. The molecule has 1 rings (SSSR count). The first-order chi connectivity index (χ1) is 8.62. The summed E-state index contributed by atoms with van der Waals surface area (Å²) in [6.07, 6.45) is 0.838. The van der Waals surface area contributed by atoms with Gasteiger partial charge in [0.05, 0.1) is 0 Å². The molecule has 1 aromatic rings. The molecule has 4 nitrogen and oxygen atoms in total. The van der Waals surface area contributed by atoms with Gasteiger partial charge in [-0.05, 0) is 25.6 Å². The molecule has 0 fully saturated rings. The Bertz CT molecular complexity index is 386. The minimum Gasteiger partial charge on any atom is -0.490 e. The lowest BCUT2D eigenvalue weighted by Crippen LogP contribution is -2.28. The van der Waals surface area contributed by atoms with Crippen LogP contribution in [0.5, 0.6) is 5.75 Å². The van der Waals surface area contributed by atoms with Gasteiger partial charge in [0.2, 0.25) is 0 Å². The number of ether oxygens (including phenoxy) is 1. The monoisotopic (exact) mass is 271 g/mol. The summed E-state index contributed by atoms with van der Waals surface area (Å²) < 4.78 is 5.60. The largest absolute Gasteiger partial charge is 0.490 e. The highest BCUT2D eigenvalue weighted by Crippen LogP contribution is 2.29. The van der Waals surface area contributed by atoms with E-state index in [0.29, 0.717) is 17.2 Å². The van der Waals surface area contributed by atoms with Gasteiger partial charge in [0, 0.05) is 11.4 Å². The van der Waals surface area contributed by atoms with Gasteiger partial charge in [-0.3, -0.25) is 0 Å². The van der Waals surface area contributed by atoms with Crippen LogP contribution in [0.4, 0.5) is 0 Å². The van der Waals surface area contributed by atoms with Crippen LogP contribution >= 0.6 is 11.3 Å². The molecular formula is C13H21NO3S. The topological polar surface area (TPSA) is 49.8 Å². The van der Waals surface area contributed by atoms with Crippen LogP contribution in [-0.2, 0) is 6.42 Å². The average Bonchev–Trinajstić information content (AvgIpc) is 2.78. The number of carbonyl (C=O) groups is 1. The number of aryl methyl sites for hydroxylation is 1. The van der Waals surface area contributed by atoms with E-state index in [0.717, 1.165) is 30.9 Å². The van der Waals surface area contributed by atoms with Crippen LogP contribution in [0.3, 0.4) is 0 Å². The van der Waals surface area contributed by atoms with Crippen molar-refractivity contribution in [2.24, 2.45) is 0 Å². The average molecular weight is 271 g/mol. The fourth-order valence-electron chi connectivity index (χ4n) is 1.68. The first-order valence-electron chi connectivity index (χ1n) is 6.33. The predicted molar refractivity (Wildman–Crippen MR) is 73.9 cm³/mol. The quantitative estimate of drug-likeness (QED) is 0.790. The first-order valence-corrected chi connectivity index (χ1v) is 7.15. The van der Waals surface area contributed by atoms with E-state index in [1.54, 1.807) is 0 Å². The number of thiophene rings is 1. The van der Waals surface area contributed by atoms with Gasteiger partial charge in [0.15, 0.2) is 4.88 Å². The standard InChI is InChI=1S/C13H21NO3S/c1-4-10-9-11(12(18-10)13(15)16)17-8-7-14(5-2)6-3/h9H,4-8H2,1-3H3,(H,15,16). The molecule has 0 amide bonds. The Morgan fingerprint density at radius 2 is 2.06 bits per heavy atom. The van der Waals surface area contributed by atoms with Gasteiger partial charge in [-0.15, -0.1) is 11.3 Å². The van der Waals surface area contributed by atoms with Gasteiger partial charge >= 0.3 is 5.97 Å². The molecule has 0 saturated heterocycles. The third-order valence-corrected chi connectivity index (χ3v) is 4.10. The lowest BCUT2D eigenvalue weighted by molar-refractivity contribution is 0.0697. The zero-order chi connectivity index (χ0) is 13.5. The molecule has 0 unspecified atom stereocenters. The van der Waals surface area contributed by atoms with E-state index < -0.39 is 5.97 Å². The van der Waals surface area contributed by atoms with Crippen LogP contribution in [0.2, 0.25) is 0 Å². The second kappa shape index (κ2) is 7.38.